The van der Waals surface area contributed by atoms with Crippen LogP contribution in [-0.4, -0.2) is 23.6 Å². The fourth-order valence-corrected chi connectivity index (χ4v) is 3.97. The molecule has 1 aliphatic carbocycles. The van der Waals surface area contributed by atoms with Crippen LogP contribution in [0.4, 0.5) is 0 Å². The van der Waals surface area contributed by atoms with Crippen LogP contribution in [0, 0.1) is 11.8 Å². The highest BCUT2D eigenvalue weighted by atomic mass is 32.2. The van der Waals surface area contributed by atoms with Crippen molar-refractivity contribution >= 4 is 11.8 Å². The molecule has 1 rings (SSSR count). The van der Waals surface area contributed by atoms with E-state index in [9.17, 15) is 0 Å². The second kappa shape index (κ2) is 8.42. The summed E-state index contributed by atoms with van der Waals surface area (Å²) in [6.07, 6.45) is 7.23. The van der Waals surface area contributed by atoms with Crippen LogP contribution in [0.3, 0.4) is 0 Å². The summed E-state index contributed by atoms with van der Waals surface area (Å²) >= 11 is 2.12. The molecule has 3 unspecified atom stereocenters. The predicted molar refractivity (Wildman–Crippen MR) is 80.8 cm³/mol. The fourth-order valence-electron chi connectivity index (χ4n) is 2.99. The molecule has 0 bridgehead atoms. The molecule has 0 aromatic heterocycles. The standard InChI is InChI=1S/C15H31NS/c1-5-13-8-7-9-14(10-13)15(16-6-2)11-17-12(3)4/h12-16H,5-11H2,1-4H3. The lowest BCUT2D eigenvalue weighted by atomic mass is 9.77. The summed E-state index contributed by atoms with van der Waals surface area (Å²) in [6.45, 7) is 10.3. The zero-order valence-corrected chi connectivity index (χ0v) is 13.0. The molecule has 1 N–H and O–H groups in total. The van der Waals surface area contributed by atoms with Crippen molar-refractivity contribution in [2.75, 3.05) is 12.3 Å². The monoisotopic (exact) mass is 257 g/mol. The summed E-state index contributed by atoms with van der Waals surface area (Å²) in [4.78, 5) is 0. The Kier molecular flexibility index (Phi) is 7.61. The second-order valence-corrected chi connectivity index (χ2v) is 7.36. The smallest absolute Gasteiger partial charge is 0.0186 e. The van der Waals surface area contributed by atoms with E-state index in [1.54, 1.807) is 0 Å². The molecule has 0 aliphatic heterocycles. The van der Waals surface area contributed by atoms with Crippen LogP contribution >= 0.6 is 11.8 Å². The number of rotatable bonds is 7. The Morgan fingerprint density at radius 2 is 2.00 bits per heavy atom. The lowest BCUT2D eigenvalue weighted by Crippen LogP contribution is -2.40. The molecule has 17 heavy (non-hydrogen) atoms. The number of thioether (sulfide) groups is 1. The van der Waals surface area contributed by atoms with Crippen LogP contribution in [0.5, 0.6) is 0 Å². The van der Waals surface area contributed by atoms with Crippen molar-refractivity contribution in [3.8, 4) is 0 Å². The molecule has 0 spiro atoms. The van der Waals surface area contributed by atoms with Crippen LogP contribution in [0.15, 0.2) is 0 Å². The van der Waals surface area contributed by atoms with Gasteiger partial charge in [0.2, 0.25) is 0 Å². The van der Waals surface area contributed by atoms with E-state index in [2.05, 4.69) is 44.8 Å². The molecule has 0 amide bonds. The maximum Gasteiger partial charge on any atom is 0.0186 e. The van der Waals surface area contributed by atoms with Gasteiger partial charge in [-0.05, 0) is 36.5 Å². The van der Waals surface area contributed by atoms with Crippen LogP contribution in [0.1, 0.15) is 59.8 Å². The van der Waals surface area contributed by atoms with E-state index in [-0.39, 0.29) is 0 Å². The molecule has 1 saturated carbocycles. The summed E-state index contributed by atoms with van der Waals surface area (Å²) in [6, 6.07) is 0.752. The molecule has 102 valence electrons. The normalized spacial score (nSPS) is 27.4. The SMILES string of the molecule is CCNC(CSC(C)C)C1CCCC(CC)C1. The number of hydrogen-bond donors (Lipinski definition) is 1. The summed E-state index contributed by atoms with van der Waals surface area (Å²) in [7, 11) is 0. The summed E-state index contributed by atoms with van der Waals surface area (Å²) in [5.41, 5.74) is 0. The van der Waals surface area contributed by atoms with Crippen molar-refractivity contribution < 1.29 is 0 Å². The molecule has 3 atom stereocenters. The van der Waals surface area contributed by atoms with Crippen molar-refractivity contribution in [3.63, 3.8) is 0 Å². The summed E-state index contributed by atoms with van der Waals surface area (Å²) in [5, 5.41) is 4.50. The fraction of sp³-hybridized carbons (Fsp3) is 1.00. The summed E-state index contributed by atoms with van der Waals surface area (Å²) in [5.74, 6) is 3.23. The average Bonchev–Trinajstić information content (AvgIpc) is 2.34. The van der Waals surface area contributed by atoms with Gasteiger partial charge in [-0.2, -0.15) is 11.8 Å². The van der Waals surface area contributed by atoms with Crippen molar-refractivity contribution in [3.05, 3.63) is 0 Å². The molecule has 2 heteroatoms. The van der Waals surface area contributed by atoms with E-state index in [0.29, 0.717) is 0 Å². The van der Waals surface area contributed by atoms with Gasteiger partial charge in [-0.1, -0.05) is 47.0 Å². The molecule has 1 fully saturated rings. The van der Waals surface area contributed by atoms with Crippen molar-refractivity contribution in [2.45, 2.75) is 71.1 Å². The van der Waals surface area contributed by atoms with Gasteiger partial charge in [0, 0.05) is 11.8 Å². The molecule has 0 aromatic rings. The first-order chi connectivity index (χ1) is 8.17. The topological polar surface area (TPSA) is 12.0 Å². The lowest BCUT2D eigenvalue weighted by molar-refractivity contribution is 0.220. The third kappa shape index (κ3) is 5.65. The van der Waals surface area contributed by atoms with Gasteiger partial charge in [0.25, 0.3) is 0 Å². The number of hydrogen-bond acceptors (Lipinski definition) is 2. The van der Waals surface area contributed by atoms with Gasteiger partial charge >= 0.3 is 0 Å². The first-order valence-electron chi connectivity index (χ1n) is 7.52. The maximum atomic E-state index is 3.73. The highest BCUT2D eigenvalue weighted by Crippen LogP contribution is 2.34. The first-order valence-corrected chi connectivity index (χ1v) is 8.57. The van der Waals surface area contributed by atoms with Crippen LogP contribution in [0.2, 0.25) is 0 Å². The predicted octanol–water partition coefficient (Wildman–Crippen LogP) is 4.32. The van der Waals surface area contributed by atoms with Gasteiger partial charge < -0.3 is 5.32 Å². The minimum Gasteiger partial charge on any atom is -0.313 e. The van der Waals surface area contributed by atoms with Crippen LogP contribution in [-0.2, 0) is 0 Å². The largest absolute Gasteiger partial charge is 0.313 e. The Morgan fingerprint density at radius 1 is 1.24 bits per heavy atom. The molecule has 1 aliphatic rings. The molecule has 0 saturated heterocycles. The second-order valence-electron chi connectivity index (χ2n) is 5.75. The van der Waals surface area contributed by atoms with Crippen molar-refractivity contribution in [1.29, 1.82) is 0 Å². The molecule has 0 aromatic carbocycles. The van der Waals surface area contributed by atoms with E-state index in [0.717, 1.165) is 29.7 Å². The average molecular weight is 257 g/mol. The van der Waals surface area contributed by atoms with Crippen LogP contribution in [0.25, 0.3) is 0 Å². The third-order valence-electron chi connectivity index (χ3n) is 4.05. The zero-order chi connectivity index (χ0) is 12.7. The third-order valence-corrected chi connectivity index (χ3v) is 5.26. The molecular weight excluding hydrogens is 226 g/mol. The Labute approximate surface area is 113 Å². The minimum atomic E-state index is 0.752. The van der Waals surface area contributed by atoms with Crippen molar-refractivity contribution in [2.24, 2.45) is 11.8 Å². The van der Waals surface area contributed by atoms with Gasteiger partial charge in [-0.25, -0.2) is 0 Å². The number of nitrogens with one attached hydrogen (secondary N) is 1. The van der Waals surface area contributed by atoms with Gasteiger partial charge in [0.1, 0.15) is 0 Å². The lowest BCUT2D eigenvalue weighted by Gasteiger charge is -2.35. The van der Waals surface area contributed by atoms with Gasteiger partial charge in [0.15, 0.2) is 0 Å². The Hall–Kier alpha value is 0.310. The Bertz CT molecular complexity index is 193. The van der Waals surface area contributed by atoms with Crippen LogP contribution < -0.4 is 5.32 Å². The summed E-state index contributed by atoms with van der Waals surface area (Å²) < 4.78 is 0. The first kappa shape index (κ1) is 15.4. The van der Waals surface area contributed by atoms with Gasteiger partial charge in [-0.3, -0.25) is 0 Å². The molecule has 0 heterocycles. The maximum absolute atomic E-state index is 3.73. The highest BCUT2D eigenvalue weighted by molar-refractivity contribution is 7.99. The quantitative estimate of drug-likeness (QED) is 0.729. The Balaban J connectivity index is 2.44. The van der Waals surface area contributed by atoms with Gasteiger partial charge in [-0.15, -0.1) is 0 Å². The molecular formula is C15H31NS. The van der Waals surface area contributed by atoms with Gasteiger partial charge in [0.05, 0.1) is 0 Å². The highest BCUT2D eigenvalue weighted by Gasteiger charge is 2.27. The minimum absolute atomic E-state index is 0.752. The molecule has 0 radical (unpaired) electrons. The van der Waals surface area contributed by atoms with Crippen molar-refractivity contribution in [1.82, 2.24) is 5.32 Å². The van der Waals surface area contributed by atoms with E-state index in [4.69, 9.17) is 0 Å². The van der Waals surface area contributed by atoms with E-state index < -0.39 is 0 Å². The Morgan fingerprint density at radius 3 is 2.59 bits per heavy atom. The van der Waals surface area contributed by atoms with E-state index in [1.165, 1.54) is 37.9 Å². The van der Waals surface area contributed by atoms with E-state index in [1.807, 2.05) is 0 Å². The van der Waals surface area contributed by atoms with E-state index >= 15 is 0 Å². The zero-order valence-electron chi connectivity index (χ0n) is 12.2. The molecule has 1 nitrogen and oxygen atoms in total.